The first-order chi connectivity index (χ1) is 18.2. The first-order valence-corrected chi connectivity index (χ1v) is 14.0. The second-order valence-electron chi connectivity index (χ2n) is 8.85. The van der Waals surface area contributed by atoms with E-state index in [2.05, 4.69) is 5.32 Å². The third-order valence-electron chi connectivity index (χ3n) is 5.88. The Hall–Kier alpha value is -3.60. The molecule has 3 rings (SSSR count). The predicted octanol–water partition coefficient (Wildman–Crippen LogP) is 2.86. The Balaban J connectivity index is 1.99. The summed E-state index contributed by atoms with van der Waals surface area (Å²) in [5.41, 5.74) is 1.80. The van der Waals surface area contributed by atoms with Crippen LogP contribution < -0.4 is 5.32 Å². The first-order valence-electron chi connectivity index (χ1n) is 12.2. The van der Waals surface area contributed by atoms with Gasteiger partial charge in [-0.15, -0.1) is 0 Å². The molecule has 0 spiro atoms. The van der Waals surface area contributed by atoms with E-state index in [1.165, 1.54) is 29.2 Å². The summed E-state index contributed by atoms with van der Waals surface area (Å²) in [4.78, 5) is 28.5. The maximum absolute atomic E-state index is 13.8. The van der Waals surface area contributed by atoms with Crippen molar-refractivity contribution in [1.82, 2.24) is 14.5 Å². The quantitative estimate of drug-likeness (QED) is 0.324. The van der Waals surface area contributed by atoms with Crippen LogP contribution in [0.3, 0.4) is 0 Å². The van der Waals surface area contributed by atoms with Crippen LogP contribution in [0.2, 0.25) is 0 Å². The zero-order valence-corrected chi connectivity index (χ0v) is 22.0. The summed E-state index contributed by atoms with van der Waals surface area (Å²) >= 11 is 0. The number of hydrogen-bond donors (Lipinski definition) is 2. The van der Waals surface area contributed by atoms with E-state index >= 15 is 0 Å². The highest BCUT2D eigenvalue weighted by molar-refractivity contribution is 7.88. The van der Waals surface area contributed by atoms with Crippen molar-refractivity contribution in [2.75, 3.05) is 26.0 Å². The van der Waals surface area contributed by atoms with E-state index < -0.39 is 40.2 Å². The average Bonchev–Trinajstić information content (AvgIpc) is 2.90. The standard InChI is InChI=1S/C28H32FN3O5S/c1-38(36,37)31(19-22-9-4-2-5-10-22)21-26(34)32(20-23-13-15-25(29)16-14-23)27(24-11-6-3-7-12-24)28(35)30-17-8-18-33/h2-7,9-16,27,33H,8,17-21H2,1H3,(H,30,35)/t27-/m0/s1. The van der Waals surface area contributed by atoms with Gasteiger partial charge in [0.2, 0.25) is 21.8 Å². The SMILES string of the molecule is CS(=O)(=O)N(CC(=O)N(Cc1ccc(F)cc1)[C@H](C(=O)NCCCO)c1ccccc1)Cc1ccccc1. The molecule has 3 aromatic carbocycles. The minimum Gasteiger partial charge on any atom is -0.396 e. The maximum Gasteiger partial charge on any atom is 0.247 e. The van der Waals surface area contributed by atoms with Gasteiger partial charge in [-0.25, -0.2) is 12.8 Å². The highest BCUT2D eigenvalue weighted by atomic mass is 32.2. The van der Waals surface area contributed by atoms with Crippen molar-refractivity contribution in [2.45, 2.75) is 25.6 Å². The molecule has 0 radical (unpaired) electrons. The third kappa shape index (κ3) is 8.47. The number of nitrogens with zero attached hydrogens (tertiary/aromatic N) is 2. The van der Waals surface area contributed by atoms with Gasteiger partial charge in [0.1, 0.15) is 11.9 Å². The molecule has 0 saturated carbocycles. The molecule has 0 aliphatic heterocycles. The molecule has 0 bridgehead atoms. The number of carbonyl (C=O) groups is 2. The van der Waals surface area contributed by atoms with E-state index in [0.29, 0.717) is 23.1 Å². The van der Waals surface area contributed by atoms with E-state index in [9.17, 15) is 22.4 Å². The van der Waals surface area contributed by atoms with Crippen molar-refractivity contribution in [2.24, 2.45) is 0 Å². The van der Waals surface area contributed by atoms with Gasteiger partial charge in [0.05, 0.1) is 12.8 Å². The molecule has 0 aliphatic carbocycles. The Kier molecular flexibility index (Phi) is 10.5. The molecular formula is C28H32FN3O5S. The smallest absolute Gasteiger partial charge is 0.247 e. The van der Waals surface area contributed by atoms with Gasteiger partial charge in [0, 0.05) is 26.2 Å². The van der Waals surface area contributed by atoms with Crippen molar-refractivity contribution in [3.63, 3.8) is 0 Å². The molecular weight excluding hydrogens is 509 g/mol. The van der Waals surface area contributed by atoms with Crippen LogP contribution in [0.15, 0.2) is 84.9 Å². The monoisotopic (exact) mass is 541 g/mol. The van der Waals surface area contributed by atoms with Gasteiger partial charge < -0.3 is 15.3 Å². The molecule has 0 saturated heterocycles. The summed E-state index contributed by atoms with van der Waals surface area (Å²) in [5, 5.41) is 11.9. The number of aliphatic hydroxyl groups is 1. The summed E-state index contributed by atoms with van der Waals surface area (Å²) in [5.74, 6) is -1.52. The van der Waals surface area contributed by atoms with Crippen LogP contribution in [0.4, 0.5) is 4.39 Å². The summed E-state index contributed by atoms with van der Waals surface area (Å²) < 4.78 is 39.9. The fourth-order valence-electron chi connectivity index (χ4n) is 3.92. The van der Waals surface area contributed by atoms with Gasteiger partial charge >= 0.3 is 0 Å². The van der Waals surface area contributed by atoms with Crippen molar-refractivity contribution in [1.29, 1.82) is 0 Å². The van der Waals surface area contributed by atoms with Crippen molar-refractivity contribution in [3.05, 3.63) is 107 Å². The van der Waals surface area contributed by atoms with Crippen LogP contribution in [0.25, 0.3) is 0 Å². The van der Waals surface area contributed by atoms with E-state index in [0.717, 1.165) is 10.6 Å². The normalized spacial score (nSPS) is 12.2. The number of nitrogens with one attached hydrogen (secondary N) is 1. The number of benzene rings is 3. The summed E-state index contributed by atoms with van der Waals surface area (Å²) in [6, 6.07) is 22.0. The number of halogens is 1. The number of rotatable bonds is 13. The molecule has 0 aliphatic rings. The largest absolute Gasteiger partial charge is 0.396 e. The van der Waals surface area contributed by atoms with Gasteiger partial charge in [-0.3, -0.25) is 9.59 Å². The maximum atomic E-state index is 13.8. The van der Waals surface area contributed by atoms with Gasteiger partial charge in [-0.1, -0.05) is 72.8 Å². The Labute approximate surface area is 222 Å². The third-order valence-corrected chi connectivity index (χ3v) is 7.07. The lowest BCUT2D eigenvalue weighted by atomic mass is 10.0. The number of amides is 2. The molecule has 2 amide bonds. The number of carbonyl (C=O) groups excluding carboxylic acids is 2. The summed E-state index contributed by atoms with van der Waals surface area (Å²) in [6.07, 6.45) is 1.36. The van der Waals surface area contributed by atoms with Gasteiger partial charge in [-0.05, 0) is 35.2 Å². The van der Waals surface area contributed by atoms with Gasteiger partial charge in [0.15, 0.2) is 0 Å². The van der Waals surface area contributed by atoms with Crippen LogP contribution in [0.1, 0.15) is 29.2 Å². The van der Waals surface area contributed by atoms with Crippen molar-refractivity contribution in [3.8, 4) is 0 Å². The van der Waals surface area contributed by atoms with Crippen molar-refractivity contribution >= 4 is 21.8 Å². The van der Waals surface area contributed by atoms with Gasteiger partial charge in [-0.2, -0.15) is 4.31 Å². The molecule has 3 aromatic rings. The Morgan fingerprint density at radius 2 is 1.47 bits per heavy atom. The Bertz CT molecular complexity index is 1290. The molecule has 0 unspecified atom stereocenters. The predicted molar refractivity (Wildman–Crippen MR) is 143 cm³/mol. The summed E-state index contributed by atoms with van der Waals surface area (Å²) in [6.45, 7) is -0.496. The van der Waals surface area contributed by atoms with E-state index in [1.54, 1.807) is 54.6 Å². The lowest BCUT2D eigenvalue weighted by Gasteiger charge is -2.33. The van der Waals surface area contributed by atoms with Crippen LogP contribution in [-0.2, 0) is 32.7 Å². The number of sulfonamides is 1. The zero-order valence-electron chi connectivity index (χ0n) is 21.2. The highest BCUT2D eigenvalue weighted by Gasteiger charge is 2.33. The average molecular weight is 542 g/mol. The fraction of sp³-hybridized carbons (Fsp3) is 0.286. The second-order valence-corrected chi connectivity index (χ2v) is 10.8. The van der Waals surface area contributed by atoms with Crippen molar-refractivity contribution < 1.29 is 27.5 Å². The van der Waals surface area contributed by atoms with Gasteiger partial charge in [0.25, 0.3) is 0 Å². The highest BCUT2D eigenvalue weighted by Crippen LogP contribution is 2.25. The molecule has 8 nitrogen and oxygen atoms in total. The molecule has 202 valence electrons. The first kappa shape index (κ1) is 29.0. The Morgan fingerprint density at radius 3 is 2.05 bits per heavy atom. The molecule has 1 atom stereocenters. The summed E-state index contributed by atoms with van der Waals surface area (Å²) in [7, 11) is -3.79. The zero-order chi connectivity index (χ0) is 27.5. The fourth-order valence-corrected chi connectivity index (χ4v) is 4.65. The number of aliphatic hydroxyl groups excluding tert-OH is 1. The van der Waals surface area contributed by atoms with E-state index in [4.69, 9.17) is 5.11 Å². The molecule has 0 heterocycles. The number of hydrogen-bond acceptors (Lipinski definition) is 5. The van der Waals surface area contributed by atoms with Crippen LogP contribution >= 0.6 is 0 Å². The van der Waals surface area contributed by atoms with Crippen LogP contribution in [-0.4, -0.2) is 60.5 Å². The molecule has 0 aromatic heterocycles. The molecule has 0 fully saturated rings. The van der Waals surface area contributed by atoms with Crippen LogP contribution in [0, 0.1) is 5.82 Å². The lowest BCUT2D eigenvalue weighted by molar-refractivity contribution is -0.141. The second kappa shape index (κ2) is 13.8. The van der Waals surface area contributed by atoms with E-state index in [1.807, 2.05) is 6.07 Å². The van der Waals surface area contributed by atoms with Crippen LogP contribution in [0.5, 0.6) is 0 Å². The molecule has 38 heavy (non-hydrogen) atoms. The van der Waals surface area contributed by atoms with E-state index in [-0.39, 0.29) is 26.2 Å². The topological polar surface area (TPSA) is 107 Å². The molecule has 10 heteroatoms. The lowest BCUT2D eigenvalue weighted by Crippen LogP contribution is -2.48. The minimum absolute atomic E-state index is 0.0193. The molecule has 2 N–H and O–H groups in total. The Morgan fingerprint density at radius 1 is 0.895 bits per heavy atom. The minimum atomic E-state index is -3.79.